The fourth-order valence-electron chi connectivity index (χ4n) is 4.67. The minimum absolute atomic E-state index is 0.0363. The molecule has 3 aliphatic heterocycles. The molecule has 1 aromatic rings. The Labute approximate surface area is 225 Å². The lowest BCUT2D eigenvalue weighted by Crippen LogP contribution is -2.64. The molecule has 2 N–H and O–H groups in total. The second kappa shape index (κ2) is 13.6. The number of carboxylic acids is 2. The van der Waals surface area contributed by atoms with Gasteiger partial charge in [0.2, 0.25) is 5.91 Å². The number of amides is 1. The molecule has 1 spiro atoms. The van der Waals surface area contributed by atoms with Crippen molar-refractivity contribution in [3.05, 3.63) is 30.1 Å². The Morgan fingerprint density at radius 3 is 2.08 bits per heavy atom. The Balaban J connectivity index is 0.000000333. The van der Waals surface area contributed by atoms with Gasteiger partial charge in [0.1, 0.15) is 5.82 Å². The molecule has 0 bridgehead atoms. The van der Waals surface area contributed by atoms with E-state index in [4.69, 9.17) is 24.5 Å². The molecule has 0 aliphatic carbocycles. The van der Waals surface area contributed by atoms with Crippen LogP contribution in [0.1, 0.15) is 19.3 Å². The third-order valence-corrected chi connectivity index (χ3v) is 6.81. The van der Waals surface area contributed by atoms with Gasteiger partial charge in [-0.05, 0) is 50.4 Å². The highest BCUT2D eigenvalue weighted by Crippen LogP contribution is 2.34. The molecule has 226 valence electrons. The molecule has 3 saturated heterocycles. The van der Waals surface area contributed by atoms with Crippen molar-refractivity contribution in [2.24, 2.45) is 5.92 Å². The number of hydrogen-bond acceptors (Lipinski definition) is 6. The normalized spacial score (nSPS) is 22.8. The average Bonchev–Trinajstić information content (AvgIpc) is 3.25. The van der Waals surface area contributed by atoms with E-state index in [1.54, 1.807) is 11.0 Å². The maximum atomic E-state index is 13.7. The first-order valence-electron chi connectivity index (χ1n) is 12.1. The number of piperazine rings is 1. The summed E-state index contributed by atoms with van der Waals surface area (Å²) < 4.78 is 82.6. The number of hydrogen-bond donors (Lipinski definition) is 2. The minimum atomic E-state index is -5.08. The summed E-state index contributed by atoms with van der Waals surface area (Å²) in [6.45, 7) is 5.94. The van der Waals surface area contributed by atoms with E-state index in [0.717, 1.165) is 52.1 Å². The molecule has 3 fully saturated rings. The topological polar surface area (TPSA) is 111 Å². The zero-order chi connectivity index (χ0) is 30.3. The molecule has 3 aliphatic rings. The number of halogens is 7. The van der Waals surface area contributed by atoms with Crippen molar-refractivity contribution >= 4 is 23.5 Å². The summed E-state index contributed by atoms with van der Waals surface area (Å²) in [5, 5.41) is 14.2. The SMILES string of the molecule is CN1CC(=O)N(c2cccc(F)c2)CC12CCN(CC1CCOCC1)C2.O=C(O)C(F)(F)F.O=C(O)C(F)(F)F. The fraction of sp³-hybridized carbons (Fsp3) is 0.625. The first-order valence-corrected chi connectivity index (χ1v) is 12.1. The minimum Gasteiger partial charge on any atom is -0.475 e. The van der Waals surface area contributed by atoms with E-state index in [1.807, 2.05) is 6.07 Å². The number of benzene rings is 1. The van der Waals surface area contributed by atoms with Crippen molar-refractivity contribution < 1.29 is 60.1 Å². The summed E-state index contributed by atoms with van der Waals surface area (Å²) in [6, 6.07) is 6.39. The van der Waals surface area contributed by atoms with E-state index in [2.05, 4.69) is 16.8 Å². The van der Waals surface area contributed by atoms with Crippen LogP contribution in [0.25, 0.3) is 0 Å². The summed E-state index contributed by atoms with van der Waals surface area (Å²) in [7, 11) is 2.05. The number of carbonyl (C=O) groups excluding carboxylic acids is 1. The lowest BCUT2D eigenvalue weighted by Gasteiger charge is -2.47. The van der Waals surface area contributed by atoms with Gasteiger partial charge in [-0.3, -0.25) is 9.69 Å². The predicted molar refractivity (Wildman–Crippen MR) is 126 cm³/mol. The van der Waals surface area contributed by atoms with E-state index >= 15 is 0 Å². The predicted octanol–water partition coefficient (Wildman–Crippen LogP) is 3.24. The number of carbonyl (C=O) groups is 3. The van der Waals surface area contributed by atoms with Crippen LogP contribution in [0, 0.1) is 11.7 Å². The van der Waals surface area contributed by atoms with Crippen molar-refractivity contribution in [1.29, 1.82) is 0 Å². The summed E-state index contributed by atoms with van der Waals surface area (Å²) in [4.78, 5) is 36.9. The lowest BCUT2D eigenvalue weighted by molar-refractivity contribution is -0.193. The van der Waals surface area contributed by atoms with Gasteiger partial charge >= 0.3 is 24.3 Å². The molecule has 4 rings (SSSR count). The average molecular weight is 590 g/mol. The van der Waals surface area contributed by atoms with E-state index in [1.165, 1.54) is 12.1 Å². The molecule has 40 heavy (non-hydrogen) atoms. The van der Waals surface area contributed by atoms with Crippen LogP contribution in [-0.2, 0) is 19.1 Å². The second-order valence-corrected chi connectivity index (χ2v) is 9.69. The molecule has 0 radical (unpaired) electrons. The molecular formula is C24H30F7N3O6. The third kappa shape index (κ3) is 9.59. The highest BCUT2D eigenvalue weighted by atomic mass is 19.4. The Morgan fingerprint density at radius 1 is 1.02 bits per heavy atom. The maximum Gasteiger partial charge on any atom is 0.490 e. The van der Waals surface area contributed by atoms with Gasteiger partial charge in [0.05, 0.1) is 12.1 Å². The van der Waals surface area contributed by atoms with Gasteiger partial charge < -0.3 is 24.7 Å². The third-order valence-electron chi connectivity index (χ3n) is 6.81. The fourth-order valence-corrected chi connectivity index (χ4v) is 4.67. The molecule has 16 heteroatoms. The van der Waals surface area contributed by atoms with Crippen LogP contribution in [0.5, 0.6) is 0 Å². The number of carboxylic acid groups (broad SMARTS) is 2. The molecular weight excluding hydrogens is 559 g/mol. The lowest BCUT2D eigenvalue weighted by atomic mass is 9.92. The van der Waals surface area contributed by atoms with Gasteiger partial charge in [0.25, 0.3) is 0 Å². The smallest absolute Gasteiger partial charge is 0.475 e. The first-order chi connectivity index (χ1) is 18.4. The van der Waals surface area contributed by atoms with Gasteiger partial charge in [-0.1, -0.05) is 6.07 Å². The molecule has 9 nitrogen and oxygen atoms in total. The van der Waals surface area contributed by atoms with Gasteiger partial charge in [0.15, 0.2) is 0 Å². The highest BCUT2D eigenvalue weighted by molar-refractivity contribution is 5.96. The number of nitrogens with zero attached hydrogens (tertiary/aromatic N) is 3. The molecule has 1 amide bonds. The van der Waals surface area contributed by atoms with Crippen LogP contribution in [0.4, 0.5) is 36.4 Å². The van der Waals surface area contributed by atoms with E-state index in [0.29, 0.717) is 24.7 Å². The zero-order valence-electron chi connectivity index (χ0n) is 21.5. The summed E-state index contributed by atoms with van der Waals surface area (Å²) in [6.07, 6.45) is -6.83. The molecule has 0 saturated carbocycles. The Bertz CT molecular complexity index is 1010. The van der Waals surface area contributed by atoms with Crippen LogP contribution in [0.3, 0.4) is 0 Å². The van der Waals surface area contributed by atoms with Crippen molar-refractivity contribution in [2.75, 3.05) is 57.9 Å². The second-order valence-electron chi connectivity index (χ2n) is 9.69. The summed E-state index contributed by atoms with van der Waals surface area (Å²) in [5.41, 5.74) is 0.635. The highest BCUT2D eigenvalue weighted by Gasteiger charge is 2.48. The maximum absolute atomic E-state index is 13.7. The van der Waals surface area contributed by atoms with Crippen molar-refractivity contribution in [3.63, 3.8) is 0 Å². The van der Waals surface area contributed by atoms with Crippen LogP contribution >= 0.6 is 0 Å². The number of anilines is 1. The Hall–Kier alpha value is -2.98. The van der Waals surface area contributed by atoms with E-state index in [9.17, 15) is 35.5 Å². The van der Waals surface area contributed by atoms with Crippen molar-refractivity contribution in [3.8, 4) is 0 Å². The van der Waals surface area contributed by atoms with Gasteiger partial charge in [-0.15, -0.1) is 0 Å². The first kappa shape index (κ1) is 33.2. The number of rotatable bonds is 3. The number of likely N-dealkylation sites (tertiary alicyclic amines) is 1. The van der Waals surface area contributed by atoms with Gasteiger partial charge in [0, 0.05) is 45.1 Å². The van der Waals surface area contributed by atoms with E-state index in [-0.39, 0.29) is 17.3 Å². The molecule has 3 heterocycles. The largest absolute Gasteiger partial charge is 0.490 e. The molecule has 1 aromatic carbocycles. The molecule has 1 unspecified atom stereocenters. The van der Waals surface area contributed by atoms with E-state index < -0.39 is 24.3 Å². The van der Waals surface area contributed by atoms with Gasteiger partial charge in [-0.25, -0.2) is 14.0 Å². The number of aliphatic carboxylic acids is 2. The Morgan fingerprint density at radius 2 is 1.57 bits per heavy atom. The van der Waals surface area contributed by atoms with Crippen molar-refractivity contribution in [2.45, 2.75) is 37.2 Å². The van der Waals surface area contributed by atoms with Crippen LogP contribution < -0.4 is 4.90 Å². The monoisotopic (exact) mass is 589 g/mol. The zero-order valence-corrected chi connectivity index (χ0v) is 21.5. The van der Waals surface area contributed by atoms with Crippen LogP contribution in [0.2, 0.25) is 0 Å². The Kier molecular flexibility index (Phi) is 11.3. The number of alkyl halides is 6. The molecule has 0 aromatic heterocycles. The quantitative estimate of drug-likeness (QED) is 0.518. The standard InChI is InChI=1S/C20H28FN3O2.2C2HF3O2/c1-22-13-19(25)24(18-4-2-3-17(21)11-18)15-20(22)7-8-23(14-20)12-16-5-9-26-10-6-16;2*3-2(4,5)1(6)7/h2-4,11,16H,5-10,12-15H2,1H3;2*(H,6,7). The molecule has 1 atom stereocenters. The number of ether oxygens (including phenoxy) is 1. The van der Waals surface area contributed by atoms with Gasteiger partial charge in [-0.2, -0.15) is 26.3 Å². The summed E-state index contributed by atoms with van der Waals surface area (Å²) in [5.74, 6) is -5.05. The van der Waals surface area contributed by atoms with Crippen LogP contribution in [0.15, 0.2) is 24.3 Å². The van der Waals surface area contributed by atoms with Crippen LogP contribution in [-0.4, -0.2) is 109 Å². The number of likely N-dealkylation sites (N-methyl/N-ethyl adjacent to an activating group) is 1. The van der Waals surface area contributed by atoms with Crippen molar-refractivity contribution in [1.82, 2.24) is 9.80 Å². The summed E-state index contributed by atoms with van der Waals surface area (Å²) >= 11 is 0.